The molecule has 114 valence electrons. The summed E-state index contributed by atoms with van der Waals surface area (Å²) in [6.45, 7) is 0. The molecule has 6 nitrogen and oxygen atoms in total. The monoisotopic (exact) mass is 317 g/mol. The second kappa shape index (κ2) is 7.58. The fraction of sp³-hybridized carbons (Fsp3) is 0.308. The Morgan fingerprint density at radius 2 is 1.95 bits per heavy atom. The number of halogens is 2. The summed E-state index contributed by atoms with van der Waals surface area (Å²) in [5.41, 5.74) is -0.0682. The summed E-state index contributed by atoms with van der Waals surface area (Å²) < 4.78 is 13.2. The minimum Gasteiger partial charge on any atom is -0.481 e. The molecule has 3 N–H and O–H groups in total. The smallest absolute Gasteiger partial charge is 0.326 e. The Hall–Kier alpha value is -2.15. The van der Waals surface area contributed by atoms with Crippen LogP contribution in [-0.4, -0.2) is 34.1 Å². The molecule has 1 atom stereocenters. The van der Waals surface area contributed by atoms with Crippen molar-refractivity contribution in [2.45, 2.75) is 25.3 Å². The highest BCUT2D eigenvalue weighted by Crippen LogP contribution is 2.15. The molecule has 1 amide bonds. The van der Waals surface area contributed by atoms with Crippen molar-refractivity contribution in [3.63, 3.8) is 0 Å². The second-order valence-electron chi connectivity index (χ2n) is 4.28. The van der Waals surface area contributed by atoms with E-state index < -0.39 is 29.7 Å². The molecule has 0 aliphatic heterocycles. The van der Waals surface area contributed by atoms with E-state index in [2.05, 4.69) is 5.32 Å². The molecule has 0 bridgehead atoms. The molecule has 1 aromatic rings. The van der Waals surface area contributed by atoms with Crippen molar-refractivity contribution >= 4 is 29.4 Å². The predicted octanol–water partition coefficient (Wildman–Crippen LogP) is 1.92. The summed E-state index contributed by atoms with van der Waals surface area (Å²) in [7, 11) is 0. The van der Waals surface area contributed by atoms with E-state index in [1.165, 1.54) is 12.1 Å². The summed E-state index contributed by atoms with van der Waals surface area (Å²) in [4.78, 5) is 33.2. The number of amides is 1. The fourth-order valence-corrected chi connectivity index (χ4v) is 1.71. The maximum absolute atomic E-state index is 13.2. The molecule has 0 aromatic heterocycles. The number of carbonyl (C=O) groups is 3. The summed E-state index contributed by atoms with van der Waals surface area (Å²) in [5, 5.41) is 19.5. The van der Waals surface area contributed by atoms with Gasteiger partial charge in [0, 0.05) is 12.0 Å². The third kappa shape index (κ3) is 5.39. The Labute approximate surface area is 124 Å². The summed E-state index contributed by atoms with van der Waals surface area (Å²) >= 11 is 5.48. The lowest BCUT2D eigenvalue weighted by Crippen LogP contribution is -2.40. The molecule has 0 unspecified atom stereocenters. The maximum atomic E-state index is 13.2. The largest absolute Gasteiger partial charge is 0.481 e. The van der Waals surface area contributed by atoms with Crippen molar-refractivity contribution in [3.8, 4) is 0 Å². The lowest BCUT2D eigenvalue weighted by molar-refractivity contribution is -0.140. The Morgan fingerprint density at radius 3 is 2.48 bits per heavy atom. The van der Waals surface area contributed by atoms with E-state index in [4.69, 9.17) is 21.8 Å². The van der Waals surface area contributed by atoms with Gasteiger partial charge in [0.2, 0.25) is 0 Å². The van der Waals surface area contributed by atoms with Gasteiger partial charge in [-0.15, -0.1) is 0 Å². The summed E-state index contributed by atoms with van der Waals surface area (Å²) in [6.07, 6.45) is -0.139. The number of aliphatic carboxylic acids is 2. The van der Waals surface area contributed by atoms with Gasteiger partial charge in [-0.3, -0.25) is 9.59 Å². The van der Waals surface area contributed by atoms with Crippen LogP contribution in [0.1, 0.15) is 29.6 Å². The zero-order valence-corrected chi connectivity index (χ0v) is 11.6. The molecule has 1 rings (SSSR count). The van der Waals surface area contributed by atoms with E-state index in [1.54, 1.807) is 0 Å². The van der Waals surface area contributed by atoms with Gasteiger partial charge in [0.1, 0.15) is 11.9 Å². The molecule has 8 heteroatoms. The van der Waals surface area contributed by atoms with Crippen molar-refractivity contribution in [3.05, 3.63) is 34.6 Å². The van der Waals surface area contributed by atoms with Crippen molar-refractivity contribution < 1.29 is 29.0 Å². The van der Waals surface area contributed by atoms with E-state index in [9.17, 15) is 18.8 Å². The number of hydrogen-bond donors (Lipinski definition) is 3. The van der Waals surface area contributed by atoms with Gasteiger partial charge in [0.15, 0.2) is 0 Å². The van der Waals surface area contributed by atoms with Gasteiger partial charge in [-0.2, -0.15) is 0 Å². The second-order valence-corrected chi connectivity index (χ2v) is 4.69. The molecule has 0 spiro atoms. The van der Waals surface area contributed by atoms with E-state index >= 15 is 0 Å². The molecule has 0 aliphatic rings. The molecule has 0 radical (unpaired) electrons. The number of carboxylic acid groups (broad SMARTS) is 2. The van der Waals surface area contributed by atoms with Crippen LogP contribution in [0.25, 0.3) is 0 Å². The quantitative estimate of drug-likeness (QED) is 0.712. The highest BCUT2D eigenvalue weighted by molar-refractivity contribution is 6.30. The molecule has 1 aromatic carbocycles. The third-order valence-electron chi connectivity index (χ3n) is 2.67. The summed E-state index contributed by atoms with van der Waals surface area (Å²) in [6, 6.07) is 2.10. The van der Waals surface area contributed by atoms with Gasteiger partial charge in [0.05, 0.1) is 5.02 Å². The average Bonchev–Trinajstić information content (AvgIpc) is 2.40. The Bertz CT molecular complexity index is 563. The standard InChI is InChI=1S/C13H13ClFNO5/c14-8-5-4-7(6-9(8)15)12(19)16-10(13(20)21)2-1-3-11(17)18/h4-6,10H,1-3H2,(H,16,19)(H,17,18)(H,20,21)/t10-/m1/s1. The van der Waals surface area contributed by atoms with Crippen LogP contribution in [-0.2, 0) is 9.59 Å². The van der Waals surface area contributed by atoms with Gasteiger partial charge < -0.3 is 15.5 Å². The molecular formula is C13H13ClFNO5. The van der Waals surface area contributed by atoms with Crippen LogP contribution in [0.4, 0.5) is 4.39 Å². The molecular weight excluding hydrogens is 305 g/mol. The minimum atomic E-state index is -1.29. The fourth-order valence-electron chi connectivity index (χ4n) is 1.59. The van der Waals surface area contributed by atoms with E-state index in [0.717, 1.165) is 6.07 Å². The first kappa shape index (κ1) is 16.9. The molecule has 0 heterocycles. The van der Waals surface area contributed by atoms with E-state index in [-0.39, 0.29) is 29.8 Å². The average molecular weight is 318 g/mol. The van der Waals surface area contributed by atoms with Gasteiger partial charge in [-0.1, -0.05) is 11.6 Å². The van der Waals surface area contributed by atoms with Crippen molar-refractivity contribution in [1.82, 2.24) is 5.32 Å². The molecule has 0 saturated carbocycles. The van der Waals surface area contributed by atoms with Gasteiger partial charge in [-0.05, 0) is 31.0 Å². The zero-order valence-electron chi connectivity index (χ0n) is 10.8. The first-order valence-corrected chi connectivity index (χ1v) is 6.39. The van der Waals surface area contributed by atoms with Crippen LogP contribution in [0.2, 0.25) is 5.02 Å². The van der Waals surface area contributed by atoms with Gasteiger partial charge in [0.25, 0.3) is 5.91 Å². The number of carboxylic acids is 2. The zero-order chi connectivity index (χ0) is 16.0. The lowest BCUT2D eigenvalue weighted by Gasteiger charge is -2.14. The van der Waals surface area contributed by atoms with Crippen LogP contribution in [0.3, 0.4) is 0 Å². The Morgan fingerprint density at radius 1 is 1.29 bits per heavy atom. The Kier molecular flexibility index (Phi) is 6.10. The van der Waals surface area contributed by atoms with Crippen molar-refractivity contribution in [2.75, 3.05) is 0 Å². The van der Waals surface area contributed by atoms with Gasteiger partial charge >= 0.3 is 11.9 Å². The minimum absolute atomic E-state index is 0.0382. The SMILES string of the molecule is O=C(O)CCC[C@@H](NC(=O)c1ccc(Cl)c(F)c1)C(=O)O. The topological polar surface area (TPSA) is 104 Å². The number of benzene rings is 1. The first-order chi connectivity index (χ1) is 9.81. The molecule has 0 saturated heterocycles. The van der Waals surface area contributed by atoms with Crippen molar-refractivity contribution in [2.24, 2.45) is 0 Å². The molecule has 0 aliphatic carbocycles. The number of rotatable bonds is 7. The molecule has 21 heavy (non-hydrogen) atoms. The van der Waals surface area contributed by atoms with Crippen LogP contribution in [0.5, 0.6) is 0 Å². The van der Waals surface area contributed by atoms with Crippen LogP contribution in [0, 0.1) is 5.82 Å². The van der Waals surface area contributed by atoms with Crippen LogP contribution >= 0.6 is 11.6 Å². The molecule has 0 fully saturated rings. The van der Waals surface area contributed by atoms with E-state index in [1.807, 2.05) is 0 Å². The van der Waals surface area contributed by atoms with Gasteiger partial charge in [-0.25, -0.2) is 9.18 Å². The lowest BCUT2D eigenvalue weighted by atomic mass is 10.1. The van der Waals surface area contributed by atoms with Crippen LogP contribution in [0.15, 0.2) is 18.2 Å². The summed E-state index contributed by atoms with van der Waals surface area (Å²) in [5.74, 6) is -3.90. The number of hydrogen-bond acceptors (Lipinski definition) is 3. The maximum Gasteiger partial charge on any atom is 0.326 e. The number of nitrogens with one attached hydrogen (secondary N) is 1. The normalized spacial score (nSPS) is 11.7. The highest BCUT2D eigenvalue weighted by Gasteiger charge is 2.21. The highest BCUT2D eigenvalue weighted by atomic mass is 35.5. The first-order valence-electron chi connectivity index (χ1n) is 6.01. The van der Waals surface area contributed by atoms with E-state index in [0.29, 0.717) is 0 Å². The van der Waals surface area contributed by atoms with Crippen LogP contribution < -0.4 is 5.32 Å². The Balaban J connectivity index is 2.69. The third-order valence-corrected chi connectivity index (χ3v) is 2.98. The number of carbonyl (C=O) groups excluding carboxylic acids is 1. The predicted molar refractivity (Wildman–Crippen MR) is 71.8 cm³/mol. The van der Waals surface area contributed by atoms with Crippen molar-refractivity contribution in [1.29, 1.82) is 0 Å².